The van der Waals surface area contributed by atoms with Gasteiger partial charge in [0.05, 0.1) is 17.1 Å². The highest BCUT2D eigenvalue weighted by molar-refractivity contribution is 7.89. The van der Waals surface area contributed by atoms with Gasteiger partial charge >= 0.3 is 0 Å². The molecule has 126 valence electrons. The zero-order valence-electron chi connectivity index (χ0n) is 13.4. The van der Waals surface area contributed by atoms with Crippen LogP contribution in [0, 0.1) is 0 Å². The lowest BCUT2D eigenvalue weighted by molar-refractivity contribution is 0.521. The molecular formula is C15H18N6O2S. The van der Waals surface area contributed by atoms with Gasteiger partial charge in [-0.3, -0.25) is 0 Å². The molecule has 8 nitrogen and oxygen atoms in total. The molecule has 2 heterocycles. The normalized spacial score (nSPS) is 12.0. The molecule has 0 aliphatic heterocycles. The molecule has 0 saturated carbocycles. The van der Waals surface area contributed by atoms with Crippen LogP contribution < -0.4 is 5.32 Å². The Hall–Kier alpha value is -2.52. The Morgan fingerprint density at radius 2 is 1.96 bits per heavy atom. The fourth-order valence-corrected chi connectivity index (χ4v) is 2.93. The molecule has 24 heavy (non-hydrogen) atoms. The fourth-order valence-electron chi connectivity index (χ4n) is 2.20. The molecule has 2 aromatic heterocycles. The standard InChI is InChI=1S/C15H18N6O2S/c1-20(2)24(22,23)9-8-16-14-10-13(12-6-4-3-5-7-12)19-21-11-17-18-15(14)21/h3-7,10-11,16H,8-9H2,1-2H3. The molecule has 0 amide bonds. The monoisotopic (exact) mass is 346 g/mol. The Morgan fingerprint density at radius 1 is 1.21 bits per heavy atom. The van der Waals surface area contributed by atoms with Crippen LogP contribution >= 0.6 is 0 Å². The van der Waals surface area contributed by atoms with Crippen LogP contribution in [0.15, 0.2) is 42.7 Å². The van der Waals surface area contributed by atoms with Crippen LogP contribution in [-0.4, -0.2) is 58.9 Å². The third kappa shape index (κ3) is 3.36. The summed E-state index contributed by atoms with van der Waals surface area (Å²) in [5.74, 6) is -0.0106. The molecule has 0 aliphatic rings. The molecule has 9 heteroatoms. The molecule has 0 unspecified atom stereocenters. The first-order valence-electron chi connectivity index (χ1n) is 7.38. The molecule has 0 atom stereocenters. The second kappa shape index (κ2) is 6.54. The summed E-state index contributed by atoms with van der Waals surface area (Å²) < 4.78 is 26.5. The van der Waals surface area contributed by atoms with E-state index < -0.39 is 10.0 Å². The predicted molar refractivity (Wildman–Crippen MR) is 92.2 cm³/mol. The molecule has 0 saturated heterocycles. The van der Waals surface area contributed by atoms with Gasteiger partial charge in [0.1, 0.15) is 6.33 Å². The van der Waals surface area contributed by atoms with Crippen LogP contribution in [0.1, 0.15) is 0 Å². The van der Waals surface area contributed by atoms with Gasteiger partial charge in [0.25, 0.3) is 0 Å². The molecular weight excluding hydrogens is 328 g/mol. The number of benzene rings is 1. The van der Waals surface area contributed by atoms with Crippen molar-refractivity contribution in [1.29, 1.82) is 0 Å². The minimum atomic E-state index is -3.26. The van der Waals surface area contributed by atoms with Crippen LogP contribution in [0.2, 0.25) is 0 Å². The third-order valence-corrected chi connectivity index (χ3v) is 5.40. The summed E-state index contributed by atoms with van der Waals surface area (Å²) in [6.07, 6.45) is 1.52. The van der Waals surface area contributed by atoms with E-state index in [0.717, 1.165) is 11.3 Å². The van der Waals surface area contributed by atoms with E-state index in [1.165, 1.54) is 24.7 Å². The number of fused-ring (bicyclic) bond motifs is 1. The molecule has 1 aromatic carbocycles. The van der Waals surface area contributed by atoms with Crippen molar-refractivity contribution in [2.75, 3.05) is 31.7 Å². The van der Waals surface area contributed by atoms with E-state index in [9.17, 15) is 8.42 Å². The van der Waals surface area contributed by atoms with Gasteiger partial charge in [-0.25, -0.2) is 12.7 Å². The van der Waals surface area contributed by atoms with Gasteiger partial charge in [0, 0.05) is 26.2 Å². The second-order valence-electron chi connectivity index (χ2n) is 5.43. The van der Waals surface area contributed by atoms with E-state index in [-0.39, 0.29) is 12.3 Å². The number of sulfonamides is 1. The number of nitrogens with zero attached hydrogens (tertiary/aromatic N) is 5. The summed E-state index contributed by atoms with van der Waals surface area (Å²) >= 11 is 0. The van der Waals surface area contributed by atoms with E-state index in [1.807, 2.05) is 36.4 Å². The van der Waals surface area contributed by atoms with Crippen molar-refractivity contribution in [3.63, 3.8) is 0 Å². The van der Waals surface area contributed by atoms with Crippen molar-refractivity contribution in [2.24, 2.45) is 0 Å². The van der Waals surface area contributed by atoms with Crippen molar-refractivity contribution in [2.45, 2.75) is 0 Å². The molecule has 0 bridgehead atoms. The Morgan fingerprint density at radius 3 is 2.67 bits per heavy atom. The molecule has 0 aliphatic carbocycles. The van der Waals surface area contributed by atoms with E-state index in [0.29, 0.717) is 11.3 Å². The quantitative estimate of drug-likeness (QED) is 0.718. The molecule has 0 fully saturated rings. The van der Waals surface area contributed by atoms with Gasteiger partial charge < -0.3 is 5.32 Å². The first-order valence-corrected chi connectivity index (χ1v) is 8.99. The van der Waals surface area contributed by atoms with E-state index >= 15 is 0 Å². The summed E-state index contributed by atoms with van der Waals surface area (Å²) in [4.78, 5) is 0. The maximum Gasteiger partial charge on any atom is 0.215 e. The molecule has 3 aromatic rings. The third-order valence-electron chi connectivity index (χ3n) is 3.57. The first-order chi connectivity index (χ1) is 11.5. The van der Waals surface area contributed by atoms with Crippen LogP contribution in [0.3, 0.4) is 0 Å². The summed E-state index contributed by atoms with van der Waals surface area (Å²) in [6, 6.07) is 11.6. The molecule has 3 rings (SSSR count). The zero-order chi connectivity index (χ0) is 17.2. The van der Waals surface area contributed by atoms with Crippen LogP contribution in [0.25, 0.3) is 16.9 Å². The van der Waals surface area contributed by atoms with E-state index in [2.05, 4.69) is 20.6 Å². The predicted octanol–water partition coefficient (Wildman–Crippen LogP) is 1.09. The van der Waals surface area contributed by atoms with Gasteiger partial charge in [0.2, 0.25) is 15.7 Å². The van der Waals surface area contributed by atoms with E-state index in [1.54, 1.807) is 4.52 Å². The summed E-state index contributed by atoms with van der Waals surface area (Å²) in [7, 11) is -0.218. The number of nitrogens with one attached hydrogen (secondary N) is 1. The van der Waals surface area contributed by atoms with Gasteiger partial charge in [-0.2, -0.15) is 9.61 Å². The number of aromatic nitrogens is 4. The Balaban J connectivity index is 1.88. The average molecular weight is 346 g/mol. The number of rotatable bonds is 6. The molecule has 1 N–H and O–H groups in total. The summed E-state index contributed by atoms with van der Waals surface area (Å²) in [5, 5.41) is 15.5. The largest absolute Gasteiger partial charge is 0.381 e. The van der Waals surface area contributed by atoms with Crippen molar-refractivity contribution in [3.8, 4) is 11.3 Å². The van der Waals surface area contributed by atoms with Crippen LogP contribution in [0.5, 0.6) is 0 Å². The summed E-state index contributed by atoms with van der Waals surface area (Å²) in [6.45, 7) is 0.265. The number of hydrogen-bond acceptors (Lipinski definition) is 6. The average Bonchev–Trinajstić information content (AvgIpc) is 3.04. The van der Waals surface area contributed by atoms with Gasteiger partial charge in [-0.15, -0.1) is 10.2 Å². The second-order valence-corrected chi connectivity index (χ2v) is 7.74. The van der Waals surface area contributed by atoms with Crippen molar-refractivity contribution in [3.05, 3.63) is 42.7 Å². The van der Waals surface area contributed by atoms with Crippen LogP contribution in [-0.2, 0) is 10.0 Å². The maximum atomic E-state index is 11.9. The smallest absolute Gasteiger partial charge is 0.215 e. The Labute approximate surface area is 140 Å². The summed E-state index contributed by atoms with van der Waals surface area (Å²) in [5.41, 5.74) is 2.95. The lowest BCUT2D eigenvalue weighted by atomic mass is 10.1. The molecule has 0 spiro atoms. The van der Waals surface area contributed by atoms with Gasteiger partial charge in [-0.05, 0) is 6.07 Å². The van der Waals surface area contributed by atoms with Gasteiger partial charge in [-0.1, -0.05) is 30.3 Å². The van der Waals surface area contributed by atoms with E-state index in [4.69, 9.17) is 0 Å². The lowest BCUT2D eigenvalue weighted by Gasteiger charge is -2.13. The lowest BCUT2D eigenvalue weighted by Crippen LogP contribution is -2.28. The maximum absolute atomic E-state index is 11.9. The minimum absolute atomic E-state index is 0.0106. The highest BCUT2D eigenvalue weighted by Crippen LogP contribution is 2.22. The van der Waals surface area contributed by atoms with Crippen molar-refractivity contribution < 1.29 is 8.42 Å². The van der Waals surface area contributed by atoms with Gasteiger partial charge in [0.15, 0.2) is 0 Å². The highest BCUT2D eigenvalue weighted by Gasteiger charge is 2.14. The van der Waals surface area contributed by atoms with Crippen molar-refractivity contribution in [1.82, 2.24) is 24.1 Å². The zero-order valence-corrected chi connectivity index (χ0v) is 14.2. The SMILES string of the molecule is CN(C)S(=O)(=O)CCNc1cc(-c2ccccc2)nn2cnnc12. The minimum Gasteiger partial charge on any atom is -0.381 e. The highest BCUT2D eigenvalue weighted by atomic mass is 32.2. The van der Waals surface area contributed by atoms with Crippen LogP contribution in [0.4, 0.5) is 5.69 Å². The first kappa shape index (κ1) is 16.3. The number of hydrogen-bond donors (Lipinski definition) is 1. The fraction of sp³-hybridized carbons (Fsp3) is 0.267. The Kier molecular flexibility index (Phi) is 4.45. The molecule has 0 radical (unpaired) electrons. The Bertz CT molecular complexity index is 937. The number of anilines is 1. The van der Waals surface area contributed by atoms with Crippen molar-refractivity contribution >= 4 is 21.4 Å². The topological polar surface area (TPSA) is 92.5 Å².